The standard InChI is InChI=1S/C23H28FN3O2/c1-16-10-11-18(22(28)25-15-17-7-6-8-19(24)13-17)14-20(16)26-23(29)21-9-4-3-5-12-27(21)2/h6-8,10-11,13-14,21H,3-5,9,12,15H2,1-2H3,(H,25,28)(H,26,29). The SMILES string of the molecule is Cc1ccc(C(=O)NCc2cccc(F)c2)cc1NC(=O)C1CCCCCN1C. The molecule has 1 heterocycles. The summed E-state index contributed by atoms with van der Waals surface area (Å²) in [6, 6.07) is 11.2. The highest BCUT2D eigenvalue weighted by Crippen LogP contribution is 2.21. The van der Waals surface area contributed by atoms with Crippen LogP contribution in [0.2, 0.25) is 0 Å². The highest BCUT2D eigenvalue weighted by atomic mass is 19.1. The Labute approximate surface area is 171 Å². The number of anilines is 1. The predicted molar refractivity (Wildman–Crippen MR) is 112 cm³/mol. The first-order valence-electron chi connectivity index (χ1n) is 10.1. The molecule has 0 radical (unpaired) electrons. The molecule has 5 nitrogen and oxygen atoms in total. The average Bonchev–Trinajstić information content (AvgIpc) is 2.92. The zero-order chi connectivity index (χ0) is 20.8. The van der Waals surface area contributed by atoms with Gasteiger partial charge in [0.1, 0.15) is 5.82 Å². The van der Waals surface area contributed by atoms with E-state index in [1.54, 1.807) is 24.3 Å². The average molecular weight is 397 g/mol. The summed E-state index contributed by atoms with van der Waals surface area (Å²) in [7, 11) is 1.98. The van der Waals surface area contributed by atoms with Gasteiger partial charge in [-0.2, -0.15) is 0 Å². The number of likely N-dealkylation sites (tertiary alicyclic amines) is 1. The first kappa shape index (κ1) is 21.0. The molecule has 1 aliphatic heterocycles. The van der Waals surface area contributed by atoms with Gasteiger partial charge in [-0.15, -0.1) is 0 Å². The zero-order valence-corrected chi connectivity index (χ0v) is 17.0. The predicted octanol–water partition coefficient (Wildman–Crippen LogP) is 3.88. The van der Waals surface area contributed by atoms with Gasteiger partial charge >= 0.3 is 0 Å². The molecule has 2 aromatic rings. The van der Waals surface area contributed by atoms with Gasteiger partial charge in [0.15, 0.2) is 0 Å². The molecule has 0 aromatic heterocycles. The third-order valence-electron chi connectivity index (χ3n) is 5.42. The molecule has 1 saturated heterocycles. The van der Waals surface area contributed by atoms with Crippen LogP contribution >= 0.6 is 0 Å². The Kier molecular flexibility index (Phi) is 6.99. The molecule has 29 heavy (non-hydrogen) atoms. The van der Waals surface area contributed by atoms with E-state index in [0.717, 1.165) is 37.8 Å². The molecule has 3 rings (SSSR count). The molecule has 0 saturated carbocycles. The van der Waals surface area contributed by atoms with Crippen molar-refractivity contribution in [3.8, 4) is 0 Å². The molecule has 2 N–H and O–H groups in total. The van der Waals surface area contributed by atoms with Gasteiger partial charge in [-0.3, -0.25) is 14.5 Å². The van der Waals surface area contributed by atoms with Crippen molar-refractivity contribution in [3.05, 3.63) is 65.0 Å². The molecule has 1 fully saturated rings. The van der Waals surface area contributed by atoms with E-state index >= 15 is 0 Å². The van der Waals surface area contributed by atoms with Gasteiger partial charge in [-0.1, -0.05) is 31.0 Å². The maximum Gasteiger partial charge on any atom is 0.251 e. The summed E-state index contributed by atoms with van der Waals surface area (Å²) in [5.41, 5.74) is 2.69. The lowest BCUT2D eigenvalue weighted by Crippen LogP contribution is -2.41. The van der Waals surface area contributed by atoms with Crippen LogP contribution in [0.25, 0.3) is 0 Å². The molecule has 0 bridgehead atoms. The van der Waals surface area contributed by atoms with E-state index in [4.69, 9.17) is 0 Å². The minimum atomic E-state index is -0.333. The van der Waals surface area contributed by atoms with Crippen LogP contribution in [-0.4, -0.2) is 36.3 Å². The number of amides is 2. The van der Waals surface area contributed by atoms with Crippen molar-refractivity contribution < 1.29 is 14.0 Å². The minimum Gasteiger partial charge on any atom is -0.348 e. The number of carbonyl (C=O) groups excluding carboxylic acids is 2. The summed E-state index contributed by atoms with van der Waals surface area (Å²) in [6.45, 7) is 3.06. The van der Waals surface area contributed by atoms with E-state index < -0.39 is 0 Å². The van der Waals surface area contributed by atoms with Gasteiger partial charge < -0.3 is 10.6 Å². The van der Waals surface area contributed by atoms with Crippen molar-refractivity contribution in [3.63, 3.8) is 0 Å². The van der Waals surface area contributed by atoms with E-state index in [0.29, 0.717) is 16.8 Å². The summed E-state index contributed by atoms with van der Waals surface area (Å²) in [4.78, 5) is 27.4. The van der Waals surface area contributed by atoms with E-state index in [1.165, 1.54) is 12.1 Å². The van der Waals surface area contributed by atoms with Crippen LogP contribution < -0.4 is 10.6 Å². The summed E-state index contributed by atoms with van der Waals surface area (Å²) in [6.07, 6.45) is 4.15. The first-order chi connectivity index (χ1) is 13.9. The maximum atomic E-state index is 13.3. The van der Waals surface area contributed by atoms with Gasteiger partial charge in [0.2, 0.25) is 5.91 Å². The smallest absolute Gasteiger partial charge is 0.251 e. The van der Waals surface area contributed by atoms with E-state index in [2.05, 4.69) is 15.5 Å². The Morgan fingerprint density at radius 3 is 2.76 bits per heavy atom. The maximum absolute atomic E-state index is 13.3. The summed E-state index contributed by atoms with van der Waals surface area (Å²) < 4.78 is 13.3. The van der Waals surface area contributed by atoms with Crippen molar-refractivity contribution in [2.24, 2.45) is 0 Å². The molecule has 0 spiro atoms. The van der Waals surface area contributed by atoms with E-state index in [1.807, 2.05) is 20.0 Å². The lowest BCUT2D eigenvalue weighted by Gasteiger charge is -2.25. The minimum absolute atomic E-state index is 0.0326. The van der Waals surface area contributed by atoms with Gasteiger partial charge in [0.05, 0.1) is 6.04 Å². The fourth-order valence-corrected chi connectivity index (χ4v) is 3.63. The second-order valence-electron chi connectivity index (χ2n) is 7.68. The second-order valence-corrected chi connectivity index (χ2v) is 7.68. The van der Waals surface area contributed by atoms with Crippen molar-refractivity contribution in [2.45, 2.75) is 45.2 Å². The number of rotatable bonds is 5. The number of carbonyl (C=O) groups is 2. The van der Waals surface area contributed by atoms with Crippen LogP contribution in [0, 0.1) is 12.7 Å². The Balaban J connectivity index is 1.67. The molecular weight excluding hydrogens is 369 g/mol. The van der Waals surface area contributed by atoms with Crippen LogP contribution in [0.15, 0.2) is 42.5 Å². The van der Waals surface area contributed by atoms with Crippen LogP contribution in [-0.2, 0) is 11.3 Å². The highest BCUT2D eigenvalue weighted by Gasteiger charge is 2.25. The largest absolute Gasteiger partial charge is 0.348 e. The summed E-state index contributed by atoms with van der Waals surface area (Å²) in [5.74, 6) is -0.633. The third-order valence-corrected chi connectivity index (χ3v) is 5.42. The number of nitrogens with one attached hydrogen (secondary N) is 2. The molecule has 1 unspecified atom stereocenters. The molecule has 0 aliphatic carbocycles. The highest BCUT2D eigenvalue weighted by molar-refractivity contribution is 5.99. The van der Waals surface area contributed by atoms with Crippen molar-refractivity contribution in [2.75, 3.05) is 18.9 Å². The van der Waals surface area contributed by atoms with Crippen molar-refractivity contribution in [1.29, 1.82) is 0 Å². The fraction of sp³-hybridized carbons (Fsp3) is 0.391. The fourth-order valence-electron chi connectivity index (χ4n) is 3.63. The van der Waals surface area contributed by atoms with Crippen molar-refractivity contribution in [1.82, 2.24) is 10.2 Å². The normalized spacial score (nSPS) is 17.4. The summed E-state index contributed by atoms with van der Waals surface area (Å²) >= 11 is 0. The van der Waals surface area contributed by atoms with Gasteiger partial charge in [-0.05, 0) is 68.8 Å². The van der Waals surface area contributed by atoms with Gasteiger partial charge in [0.25, 0.3) is 5.91 Å². The van der Waals surface area contributed by atoms with Crippen molar-refractivity contribution >= 4 is 17.5 Å². The third kappa shape index (κ3) is 5.64. The Morgan fingerprint density at radius 2 is 1.97 bits per heavy atom. The molecule has 1 atom stereocenters. The molecular formula is C23H28FN3O2. The number of hydrogen-bond acceptors (Lipinski definition) is 3. The number of likely N-dealkylation sites (N-methyl/N-ethyl adjacent to an activating group) is 1. The molecule has 154 valence electrons. The molecule has 2 aromatic carbocycles. The first-order valence-corrected chi connectivity index (χ1v) is 10.1. The molecule has 1 aliphatic rings. The second kappa shape index (κ2) is 9.65. The monoisotopic (exact) mass is 397 g/mol. The number of hydrogen-bond donors (Lipinski definition) is 2. The van der Waals surface area contributed by atoms with Crippen LogP contribution in [0.5, 0.6) is 0 Å². The van der Waals surface area contributed by atoms with Crippen LogP contribution in [0.4, 0.5) is 10.1 Å². The Bertz CT molecular complexity index is 884. The lowest BCUT2D eigenvalue weighted by molar-refractivity contribution is -0.120. The Hall–Kier alpha value is -2.73. The molecule has 2 amide bonds. The lowest BCUT2D eigenvalue weighted by atomic mass is 10.1. The van der Waals surface area contributed by atoms with E-state index in [-0.39, 0.29) is 30.2 Å². The number of nitrogens with zero attached hydrogens (tertiary/aromatic N) is 1. The van der Waals surface area contributed by atoms with Gasteiger partial charge in [-0.25, -0.2) is 4.39 Å². The summed E-state index contributed by atoms with van der Waals surface area (Å²) in [5, 5.41) is 5.80. The number of benzene rings is 2. The van der Waals surface area contributed by atoms with Gasteiger partial charge in [0, 0.05) is 17.8 Å². The zero-order valence-electron chi connectivity index (χ0n) is 17.0. The number of aryl methyl sites for hydroxylation is 1. The van der Waals surface area contributed by atoms with Crippen LogP contribution in [0.3, 0.4) is 0 Å². The van der Waals surface area contributed by atoms with Crippen LogP contribution in [0.1, 0.15) is 47.2 Å². The Morgan fingerprint density at radius 1 is 1.14 bits per heavy atom. The molecule has 6 heteroatoms. The quantitative estimate of drug-likeness (QED) is 0.805. The topological polar surface area (TPSA) is 61.4 Å². The van der Waals surface area contributed by atoms with E-state index in [9.17, 15) is 14.0 Å². The number of halogens is 1.